The van der Waals surface area contributed by atoms with Gasteiger partial charge in [-0.3, -0.25) is 4.79 Å². The van der Waals surface area contributed by atoms with E-state index in [9.17, 15) is 40.5 Å². The standard InChI is InChI=1S/C21H20O11/c22-7-14-16(27)17(28)18(29)21(31-14)32-20-11(24)4-2-9-15(26)13(30-19(9)20)6-8-1-3-10(23)12(25)5-8/h1-6,14,16-18,21-25,27-29H,7H2. The SMILES string of the molecule is O=C1C(=Cc2ccc(O)c(O)c2)Oc2c1ccc(O)c2OC1OC(CO)C(O)C(O)C1O. The van der Waals surface area contributed by atoms with E-state index >= 15 is 0 Å². The van der Waals surface area contributed by atoms with Crippen LogP contribution in [0.3, 0.4) is 0 Å². The van der Waals surface area contributed by atoms with E-state index in [0.717, 1.165) is 6.07 Å². The minimum atomic E-state index is -1.74. The summed E-state index contributed by atoms with van der Waals surface area (Å²) in [5.41, 5.74) is 0.369. The summed E-state index contributed by atoms with van der Waals surface area (Å²) in [4.78, 5) is 12.7. The van der Waals surface area contributed by atoms with Gasteiger partial charge in [-0.25, -0.2) is 0 Å². The number of fused-ring (bicyclic) bond motifs is 1. The molecule has 2 aromatic rings. The molecule has 1 saturated heterocycles. The lowest BCUT2D eigenvalue weighted by atomic mass is 9.99. The monoisotopic (exact) mass is 448 g/mol. The van der Waals surface area contributed by atoms with Crippen LogP contribution >= 0.6 is 0 Å². The Kier molecular flexibility index (Phi) is 5.67. The molecule has 0 radical (unpaired) electrons. The van der Waals surface area contributed by atoms with Gasteiger partial charge in [0.25, 0.3) is 0 Å². The number of carbonyl (C=O) groups excluding carboxylic acids is 1. The lowest BCUT2D eigenvalue weighted by molar-refractivity contribution is -0.277. The van der Waals surface area contributed by atoms with Crippen LogP contribution in [0.25, 0.3) is 6.08 Å². The number of benzene rings is 2. The van der Waals surface area contributed by atoms with Gasteiger partial charge in [-0.15, -0.1) is 0 Å². The van der Waals surface area contributed by atoms with Crippen LogP contribution in [-0.2, 0) is 4.74 Å². The quantitative estimate of drug-likeness (QED) is 0.238. The van der Waals surface area contributed by atoms with Gasteiger partial charge in [-0.05, 0) is 35.9 Å². The van der Waals surface area contributed by atoms with Crippen molar-refractivity contribution in [1.82, 2.24) is 0 Å². The van der Waals surface area contributed by atoms with E-state index in [0.29, 0.717) is 5.56 Å². The molecule has 1 fully saturated rings. The molecule has 32 heavy (non-hydrogen) atoms. The maximum Gasteiger partial charge on any atom is 0.232 e. The summed E-state index contributed by atoms with van der Waals surface area (Å²) in [6, 6.07) is 6.33. The first-order chi connectivity index (χ1) is 15.2. The third-order valence-electron chi connectivity index (χ3n) is 5.15. The summed E-state index contributed by atoms with van der Waals surface area (Å²) in [6.07, 6.45) is -6.59. The molecule has 4 rings (SSSR count). The average Bonchev–Trinajstić information content (AvgIpc) is 3.08. The number of rotatable bonds is 4. The summed E-state index contributed by atoms with van der Waals surface area (Å²) in [5.74, 6) is -2.48. The van der Waals surface area contributed by atoms with Crippen LogP contribution in [0, 0.1) is 0 Å². The van der Waals surface area contributed by atoms with Crippen molar-refractivity contribution in [2.75, 3.05) is 6.61 Å². The molecule has 5 atom stereocenters. The fourth-order valence-corrected chi connectivity index (χ4v) is 3.39. The van der Waals surface area contributed by atoms with Crippen molar-refractivity contribution in [3.05, 3.63) is 47.2 Å². The highest BCUT2D eigenvalue weighted by Gasteiger charge is 2.45. The minimum absolute atomic E-state index is 0.0247. The van der Waals surface area contributed by atoms with Gasteiger partial charge in [0.2, 0.25) is 17.8 Å². The number of hydrogen-bond acceptors (Lipinski definition) is 11. The van der Waals surface area contributed by atoms with Crippen LogP contribution in [0.1, 0.15) is 15.9 Å². The van der Waals surface area contributed by atoms with Crippen LogP contribution in [0.15, 0.2) is 36.1 Å². The number of phenolic OH excluding ortho intramolecular Hbond substituents is 3. The first-order valence-corrected chi connectivity index (χ1v) is 9.50. The second kappa shape index (κ2) is 8.30. The van der Waals surface area contributed by atoms with Crippen LogP contribution in [0.2, 0.25) is 0 Å². The highest BCUT2D eigenvalue weighted by atomic mass is 16.7. The summed E-state index contributed by atoms with van der Waals surface area (Å²) >= 11 is 0. The molecule has 2 aliphatic heterocycles. The zero-order chi connectivity index (χ0) is 23.2. The fraction of sp³-hybridized carbons (Fsp3) is 0.286. The summed E-state index contributed by atoms with van der Waals surface area (Å²) in [5, 5.41) is 68.6. The van der Waals surface area contributed by atoms with E-state index in [1.54, 1.807) is 0 Å². The van der Waals surface area contributed by atoms with Crippen molar-refractivity contribution >= 4 is 11.9 Å². The van der Waals surface area contributed by atoms with E-state index in [1.165, 1.54) is 30.3 Å². The Bertz CT molecular complexity index is 1080. The van der Waals surface area contributed by atoms with Crippen LogP contribution in [0.5, 0.6) is 28.7 Å². The highest BCUT2D eigenvalue weighted by Crippen LogP contribution is 2.46. The van der Waals surface area contributed by atoms with Gasteiger partial charge in [-0.1, -0.05) is 6.07 Å². The fourth-order valence-electron chi connectivity index (χ4n) is 3.39. The smallest absolute Gasteiger partial charge is 0.232 e. The number of aliphatic hydroxyl groups is 4. The first kappa shape index (κ1) is 21.9. The summed E-state index contributed by atoms with van der Waals surface area (Å²) < 4.78 is 16.3. The Morgan fingerprint density at radius 1 is 0.938 bits per heavy atom. The van der Waals surface area contributed by atoms with Crippen molar-refractivity contribution < 1.29 is 54.8 Å². The average molecular weight is 448 g/mol. The van der Waals surface area contributed by atoms with E-state index < -0.39 is 54.6 Å². The number of carbonyl (C=O) groups is 1. The van der Waals surface area contributed by atoms with Crippen molar-refractivity contribution in [3.63, 3.8) is 0 Å². The molecule has 0 saturated carbocycles. The number of allylic oxidation sites excluding steroid dienone is 1. The van der Waals surface area contributed by atoms with Gasteiger partial charge in [0.05, 0.1) is 12.2 Å². The highest BCUT2D eigenvalue weighted by molar-refractivity contribution is 6.15. The molecule has 0 spiro atoms. The van der Waals surface area contributed by atoms with Gasteiger partial charge in [0.1, 0.15) is 24.4 Å². The number of ether oxygens (including phenoxy) is 3. The van der Waals surface area contributed by atoms with E-state index in [2.05, 4.69) is 0 Å². The molecule has 7 N–H and O–H groups in total. The van der Waals surface area contributed by atoms with Crippen LogP contribution in [0.4, 0.5) is 0 Å². The van der Waals surface area contributed by atoms with Crippen molar-refractivity contribution in [3.8, 4) is 28.7 Å². The lowest BCUT2D eigenvalue weighted by Crippen LogP contribution is -2.60. The lowest BCUT2D eigenvalue weighted by Gasteiger charge is -2.39. The first-order valence-electron chi connectivity index (χ1n) is 9.50. The van der Waals surface area contributed by atoms with Crippen molar-refractivity contribution in [2.45, 2.75) is 30.7 Å². The molecule has 2 aromatic carbocycles. The molecule has 0 amide bonds. The molecular weight excluding hydrogens is 428 g/mol. The molecule has 0 aliphatic carbocycles. The van der Waals surface area contributed by atoms with E-state index in [-0.39, 0.29) is 28.6 Å². The molecule has 0 bridgehead atoms. The molecule has 5 unspecified atom stereocenters. The van der Waals surface area contributed by atoms with Gasteiger partial charge in [0.15, 0.2) is 28.8 Å². The zero-order valence-corrected chi connectivity index (χ0v) is 16.3. The normalized spacial score (nSPS) is 28.4. The van der Waals surface area contributed by atoms with Gasteiger partial charge in [0, 0.05) is 0 Å². The Hall–Kier alpha value is -3.35. The topological polar surface area (TPSA) is 186 Å². The van der Waals surface area contributed by atoms with Crippen molar-refractivity contribution in [2.24, 2.45) is 0 Å². The summed E-state index contributed by atoms with van der Waals surface area (Å²) in [6.45, 7) is -0.676. The second-order valence-electron chi connectivity index (χ2n) is 7.29. The molecule has 0 aromatic heterocycles. The molecule has 170 valence electrons. The predicted molar refractivity (Wildman–Crippen MR) is 105 cm³/mol. The molecular formula is C21H20O11. The largest absolute Gasteiger partial charge is 0.504 e. The Morgan fingerprint density at radius 3 is 2.34 bits per heavy atom. The summed E-state index contributed by atoms with van der Waals surface area (Å²) in [7, 11) is 0. The maximum absolute atomic E-state index is 12.7. The van der Waals surface area contributed by atoms with E-state index in [4.69, 9.17) is 14.2 Å². The Labute approximate surface area is 180 Å². The third-order valence-corrected chi connectivity index (χ3v) is 5.15. The Balaban J connectivity index is 1.65. The number of ketones is 1. The molecule has 2 aliphatic rings. The number of aromatic hydroxyl groups is 3. The molecule has 2 heterocycles. The number of hydrogen-bond donors (Lipinski definition) is 7. The van der Waals surface area contributed by atoms with Crippen LogP contribution < -0.4 is 9.47 Å². The second-order valence-corrected chi connectivity index (χ2v) is 7.29. The minimum Gasteiger partial charge on any atom is -0.504 e. The predicted octanol–water partition coefficient (Wildman–Crippen LogP) is -0.402. The van der Waals surface area contributed by atoms with Crippen molar-refractivity contribution in [1.29, 1.82) is 0 Å². The number of phenols is 3. The molecule has 11 nitrogen and oxygen atoms in total. The van der Waals surface area contributed by atoms with Crippen LogP contribution in [-0.4, -0.2) is 78.8 Å². The Morgan fingerprint density at radius 2 is 1.66 bits per heavy atom. The maximum atomic E-state index is 12.7. The number of aliphatic hydroxyl groups excluding tert-OH is 4. The van der Waals surface area contributed by atoms with Gasteiger partial charge in [-0.2, -0.15) is 0 Å². The van der Waals surface area contributed by atoms with Gasteiger partial charge >= 0.3 is 0 Å². The number of Topliss-reactive ketones (excluding diaryl/α,β-unsaturated/α-hetero) is 1. The van der Waals surface area contributed by atoms with Gasteiger partial charge < -0.3 is 50.0 Å². The molecule has 11 heteroatoms. The third kappa shape index (κ3) is 3.72. The zero-order valence-electron chi connectivity index (χ0n) is 16.3. The van der Waals surface area contributed by atoms with E-state index in [1.807, 2.05) is 0 Å².